The average Bonchev–Trinajstić information content (AvgIpc) is 3.07. The fraction of sp³-hybridized carbons (Fsp3) is 0.611. The summed E-state index contributed by atoms with van der Waals surface area (Å²) in [6, 6.07) is 6.23. The Hall–Kier alpha value is -1.37. The first kappa shape index (κ1) is 19.9. The van der Waals surface area contributed by atoms with E-state index in [0.29, 0.717) is 11.8 Å². The zero-order chi connectivity index (χ0) is 17.2. The highest BCUT2D eigenvalue weighted by molar-refractivity contribution is 5.85. The number of carbonyl (C=O) groups excluding carboxylic acids is 1. The second-order valence-electron chi connectivity index (χ2n) is 7.05. The normalized spacial score (nSPS) is 21.7. The topological polar surface area (TPSA) is 44.8 Å². The van der Waals surface area contributed by atoms with E-state index < -0.39 is 5.60 Å². The number of rotatable bonds is 4. The van der Waals surface area contributed by atoms with Gasteiger partial charge in [-0.25, -0.2) is 4.39 Å². The van der Waals surface area contributed by atoms with E-state index in [1.54, 1.807) is 26.0 Å². The molecule has 1 atom stereocenters. The zero-order valence-corrected chi connectivity index (χ0v) is 15.7. The molecular weight excluding hydrogens is 345 g/mol. The number of nitrogens with zero attached hydrogens (tertiary/aromatic N) is 2. The average molecular weight is 372 g/mol. The number of hydrogen-bond acceptors (Lipinski definition) is 4. The van der Waals surface area contributed by atoms with Gasteiger partial charge in [0.05, 0.1) is 0 Å². The molecule has 1 N–H and O–H groups in total. The first-order valence-electron chi connectivity index (χ1n) is 8.64. The smallest absolute Gasteiger partial charge is 0.266 e. The van der Waals surface area contributed by atoms with Crippen LogP contribution in [0.4, 0.5) is 4.39 Å². The van der Waals surface area contributed by atoms with Crippen molar-refractivity contribution in [1.29, 1.82) is 0 Å². The first-order valence-corrected chi connectivity index (χ1v) is 8.64. The van der Waals surface area contributed by atoms with Gasteiger partial charge < -0.3 is 15.0 Å². The third-order valence-electron chi connectivity index (χ3n) is 4.82. The maximum absolute atomic E-state index is 13.0. The summed E-state index contributed by atoms with van der Waals surface area (Å²) in [5.41, 5.74) is -0.962. The number of amides is 1. The van der Waals surface area contributed by atoms with Gasteiger partial charge in [-0.05, 0) is 44.5 Å². The van der Waals surface area contributed by atoms with Gasteiger partial charge in [0.25, 0.3) is 5.91 Å². The molecule has 1 aromatic rings. The molecule has 0 aliphatic carbocycles. The van der Waals surface area contributed by atoms with E-state index in [0.717, 1.165) is 45.7 Å². The van der Waals surface area contributed by atoms with Gasteiger partial charge in [-0.2, -0.15) is 0 Å². The lowest BCUT2D eigenvalue weighted by atomic mass is 10.1. The third-order valence-corrected chi connectivity index (χ3v) is 4.82. The van der Waals surface area contributed by atoms with Crippen molar-refractivity contribution in [2.75, 3.05) is 39.3 Å². The fourth-order valence-electron chi connectivity index (χ4n) is 3.49. The maximum atomic E-state index is 13.0. The molecule has 140 valence electrons. The fourth-order valence-corrected chi connectivity index (χ4v) is 3.49. The number of ether oxygens (including phenoxy) is 1. The molecule has 2 saturated heterocycles. The van der Waals surface area contributed by atoms with Gasteiger partial charge in [-0.1, -0.05) is 0 Å². The number of nitrogens with one attached hydrogen (secondary N) is 1. The minimum Gasteiger partial charge on any atom is -0.478 e. The van der Waals surface area contributed by atoms with Crippen molar-refractivity contribution in [2.24, 2.45) is 0 Å². The minimum atomic E-state index is -0.962. The van der Waals surface area contributed by atoms with Crippen LogP contribution in [0.2, 0.25) is 0 Å². The monoisotopic (exact) mass is 371 g/mol. The van der Waals surface area contributed by atoms with Crippen molar-refractivity contribution in [3.63, 3.8) is 0 Å². The number of benzene rings is 1. The van der Waals surface area contributed by atoms with Crippen molar-refractivity contribution in [1.82, 2.24) is 15.1 Å². The van der Waals surface area contributed by atoms with Crippen LogP contribution in [0.25, 0.3) is 0 Å². The molecule has 7 heteroatoms. The lowest BCUT2D eigenvalue weighted by Gasteiger charge is -2.33. The van der Waals surface area contributed by atoms with Crippen LogP contribution in [-0.2, 0) is 4.79 Å². The minimum absolute atomic E-state index is 0. The Morgan fingerprint density at radius 1 is 1.20 bits per heavy atom. The van der Waals surface area contributed by atoms with Gasteiger partial charge in [-0.15, -0.1) is 12.4 Å². The standard InChI is InChI=1S/C18H26FN3O2.ClH/c1-18(2,24-16-5-3-14(19)4-6-16)17(23)22-10-7-15(13-22)21-11-8-20-9-12-21;/h3-6,15,20H,7-13H2,1-2H3;1H. The van der Waals surface area contributed by atoms with E-state index in [1.165, 1.54) is 12.1 Å². The predicted octanol–water partition coefficient (Wildman–Crippen LogP) is 1.91. The molecule has 0 bridgehead atoms. The maximum Gasteiger partial charge on any atom is 0.266 e. The molecule has 2 fully saturated rings. The second-order valence-corrected chi connectivity index (χ2v) is 7.05. The van der Waals surface area contributed by atoms with Gasteiger partial charge >= 0.3 is 0 Å². The van der Waals surface area contributed by atoms with Gasteiger partial charge in [0.2, 0.25) is 0 Å². The molecule has 1 aromatic carbocycles. The van der Waals surface area contributed by atoms with Crippen molar-refractivity contribution in [3.05, 3.63) is 30.1 Å². The SMILES string of the molecule is CC(C)(Oc1ccc(F)cc1)C(=O)N1CCC(N2CCNCC2)C1.Cl. The number of halogens is 2. The molecule has 1 amide bonds. The molecule has 2 heterocycles. The molecule has 0 spiro atoms. The lowest BCUT2D eigenvalue weighted by Crippen LogP contribution is -2.51. The van der Waals surface area contributed by atoms with Gasteiger partial charge in [0, 0.05) is 45.3 Å². The molecular formula is C18H27ClFN3O2. The van der Waals surface area contributed by atoms with Crippen LogP contribution >= 0.6 is 12.4 Å². The molecule has 1 unspecified atom stereocenters. The molecule has 3 rings (SSSR count). The van der Waals surface area contributed by atoms with E-state index in [9.17, 15) is 9.18 Å². The molecule has 0 aromatic heterocycles. The van der Waals surface area contributed by atoms with Crippen LogP contribution in [0.3, 0.4) is 0 Å². The Morgan fingerprint density at radius 2 is 1.84 bits per heavy atom. The third kappa shape index (κ3) is 4.84. The molecule has 2 aliphatic rings. The van der Waals surface area contributed by atoms with Crippen molar-refractivity contribution in [3.8, 4) is 5.75 Å². The number of likely N-dealkylation sites (tertiary alicyclic amines) is 1. The van der Waals surface area contributed by atoms with Crippen LogP contribution in [0, 0.1) is 5.82 Å². The summed E-state index contributed by atoms with van der Waals surface area (Å²) < 4.78 is 18.8. The highest BCUT2D eigenvalue weighted by Crippen LogP contribution is 2.24. The van der Waals surface area contributed by atoms with E-state index in [-0.39, 0.29) is 24.1 Å². The highest BCUT2D eigenvalue weighted by Gasteiger charge is 2.39. The predicted molar refractivity (Wildman–Crippen MR) is 97.8 cm³/mol. The van der Waals surface area contributed by atoms with Crippen molar-refractivity contribution < 1.29 is 13.9 Å². The highest BCUT2D eigenvalue weighted by atomic mass is 35.5. The van der Waals surface area contributed by atoms with Crippen LogP contribution < -0.4 is 10.1 Å². The van der Waals surface area contributed by atoms with Crippen LogP contribution in [-0.4, -0.2) is 66.6 Å². The Labute approximate surface area is 154 Å². The zero-order valence-electron chi connectivity index (χ0n) is 14.8. The summed E-state index contributed by atoms with van der Waals surface area (Å²) >= 11 is 0. The Balaban J connectivity index is 0.00000225. The van der Waals surface area contributed by atoms with Crippen LogP contribution in [0.5, 0.6) is 5.75 Å². The van der Waals surface area contributed by atoms with Crippen molar-refractivity contribution in [2.45, 2.75) is 31.9 Å². The van der Waals surface area contributed by atoms with E-state index in [1.807, 2.05) is 4.90 Å². The lowest BCUT2D eigenvalue weighted by molar-refractivity contribution is -0.144. The summed E-state index contributed by atoms with van der Waals surface area (Å²) in [5, 5.41) is 3.36. The number of piperazine rings is 1. The Bertz CT molecular complexity index is 576. The van der Waals surface area contributed by atoms with Crippen LogP contribution in [0.1, 0.15) is 20.3 Å². The number of hydrogen-bond donors (Lipinski definition) is 1. The van der Waals surface area contributed by atoms with Gasteiger partial charge in [-0.3, -0.25) is 9.69 Å². The second kappa shape index (κ2) is 8.34. The summed E-state index contributed by atoms with van der Waals surface area (Å²) in [6.07, 6.45) is 1.01. The first-order chi connectivity index (χ1) is 11.5. The molecule has 2 aliphatic heterocycles. The van der Waals surface area contributed by atoms with Crippen molar-refractivity contribution >= 4 is 18.3 Å². The van der Waals surface area contributed by atoms with E-state index in [2.05, 4.69) is 10.2 Å². The molecule has 0 saturated carbocycles. The Morgan fingerprint density at radius 3 is 2.48 bits per heavy atom. The largest absolute Gasteiger partial charge is 0.478 e. The summed E-state index contributed by atoms with van der Waals surface area (Å²) in [4.78, 5) is 17.2. The van der Waals surface area contributed by atoms with Gasteiger partial charge in [0.1, 0.15) is 11.6 Å². The summed E-state index contributed by atoms with van der Waals surface area (Å²) in [7, 11) is 0. The van der Waals surface area contributed by atoms with Crippen LogP contribution in [0.15, 0.2) is 24.3 Å². The molecule has 25 heavy (non-hydrogen) atoms. The summed E-state index contributed by atoms with van der Waals surface area (Å²) in [6.45, 7) is 9.20. The Kier molecular flexibility index (Phi) is 6.65. The quantitative estimate of drug-likeness (QED) is 0.878. The molecule has 5 nitrogen and oxygen atoms in total. The summed E-state index contributed by atoms with van der Waals surface area (Å²) in [5.74, 6) is 0.182. The van der Waals surface area contributed by atoms with Gasteiger partial charge in [0.15, 0.2) is 5.60 Å². The number of carbonyl (C=O) groups is 1. The van der Waals surface area contributed by atoms with E-state index in [4.69, 9.17) is 4.74 Å². The molecule has 0 radical (unpaired) electrons. The van der Waals surface area contributed by atoms with E-state index >= 15 is 0 Å².